The Kier molecular flexibility index (Phi) is 5.22. The number of nitrogens with two attached hydrogens (primary N) is 1. The lowest BCUT2D eigenvalue weighted by atomic mass is 9.65. The second-order valence-electron chi connectivity index (χ2n) is 5.46. The first-order valence-corrected chi connectivity index (χ1v) is 6.49. The summed E-state index contributed by atoms with van der Waals surface area (Å²) in [6.07, 6.45) is 8.27. The molecule has 1 unspecified atom stereocenters. The lowest BCUT2D eigenvalue weighted by Crippen LogP contribution is -2.53. The number of methoxy groups -OCH3 is 1. The zero-order valence-electron chi connectivity index (χ0n) is 10.8. The molecule has 0 aromatic rings. The minimum atomic E-state index is -0.798. The number of aliphatic hydroxyl groups is 1. The first-order chi connectivity index (χ1) is 7.58. The van der Waals surface area contributed by atoms with E-state index >= 15 is 0 Å². The van der Waals surface area contributed by atoms with Crippen molar-refractivity contribution in [1.29, 1.82) is 0 Å². The molecular formula is C13H27NO2. The van der Waals surface area contributed by atoms with Gasteiger partial charge in [0.1, 0.15) is 0 Å². The van der Waals surface area contributed by atoms with Gasteiger partial charge in [0.25, 0.3) is 0 Å². The fourth-order valence-electron chi connectivity index (χ4n) is 2.98. The summed E-state index contributed by atoms with van der Waals surface area (Å²) in [7, 11) is 1.64. The number of rotatable bonds is 4. The average Bonchev–Trinajstić information content (AvgIpc) is 2.17. The van der Waals surface area contributed by atoms with E-state index in [4.69, 9.17) is 10.5 Å². The highest BCUT2D eigenvalue weighted by atomic mass is 16.5. The van der Waals surface area contributed by atoms with Gasteiger partial charge in [0.15, 0.2) is 0 Å². The third kappa shape index (κ3) is 2.96. The van der Waals surface area contributed by atoms with Gasteiger partial charge >= 0.3 is 0 Å². The predicted molar refractivity (Wildman–Crippen MR) is 66.3 cm³/mol. The van der Waals surface area contributed by atoms with Crippen molar-refractivity contribution in [2.75, 3.05) is 20.3 Å². The van der Waals surface area contributed by atoms with Gasteiger partial charge in [-0.25, -0.2) is 0 Å². The van der Waals surface area contributed by atoms with Gasteiger partial charge in [-0.05, 0) is 19.8 Å². The van der Waals surface area contributed by atoms with Crippen molar-refractivity contribution in [1.82, 2.24) is 0 Å². The van der Waals surface area contributed by atoms with Gasteiger partial charge < -0.3 is 15.6 Å². The molecule has 1 fully saturated rings. The molecule has 0 saturated heterocycles. The summed E-state index contributed by atoms with van der Waals surface area (Å²) in [5, 5.41) is 10.6. The van der Waals surface area contributed by atoms with E-state index in [1.54, 1.807) is 7.11 Å². The molecule has 3 heteroatoms. The van der Waals surface area contributed by atoms with Crippen molar-refractivity contribution >= 4 is 0 Å². The molecule has 1 aliphatic carbocycles. The van der Waals surface area contributed by atoms with Crippen molar-refractivity contribution in [3.05, 3.63) is 0 Å². The molecule has 1 rings (SSSR count). The van der Waals surface area contributed by atoms with Crippen LogP contribution in [0.2, 0.25) is 0 Å². The van der Waals surface area contributed by atoms with E-state index < -0.39 is 5.60 Å². The topological polar surface area (TPSA) is 55.5 Å². The molecule has 0 aliphatic heterocycles. The molecule has 1 aliphatic rings. The maximum Gasteiger partial charge on any atom is 0.0919 e. The summed E-state index contributed by atoms with van der Waals surface area (Å²) >= 11 is 0. The Morgan fingerprint density at radius 2 is 1.69 bits per heavy atom. The van der Waals surface area contributed by atoms with E-state index in [-0.39, 0.29) is 5.41 Å². The molecule has 0 amide bonds. The molecule has 0 bridgehead atoms. The van der Waals surface area contributed by atoms with E-state index in [0.717, 1.165) is 12.8 Å². The van der Waals surface area contributed by atoms with Crippen LogP contribution in [0.4, 0.5) is 0 Å². The third-order valence-electron chi connectivity index (χ3n) is 4.27. The Labute approximate surface area is 99.4 Å². The largest absolute Gasteiger partial charge is 0.387 e. The molecule has 1 saturated carbocycles. The van der Waals surface area contributed by atoms with Crippen LogP contribution in [0.5, 0.6) is 0 Å². The van der Waals surface area contributed by atoms with Gasteiger partial charge in [-0.2, -0.15) is 0 Å². The highest BCUT2D eigenvalue weighted by molar-refractivity contribution is 4.97. The fraction of sp³-hybridized carbons (Fsp3) is 1.00. The summed E-state index contributed by atoms with van der Waals surface area (Å²) in [5.41, 5.74) is 5.01. The predicted octanol–water partition coefficient (Wildman–Crippen LogP) is 2.07. The molecular weight excluding hydrogens is 202 g/mol. The standard InChI is InChI=1S/C13H27NO2/c1-12(15,11-16-2)13(10-14)8-6-4-3-5-7-9-13/h15H,3-11,14H2,1-2H3. The molecule has 3 N–H and O–H groups in total. The molecule has 0 radical (unpaired) electrons. The van der Waals surface area contributed by atoms with Crippen LogP contribution in [-0.2, 0) is 4.74 Å². The van der Waals surface area contributed by atoms with Crippen molar-refractivity contribution in [2.45, 2.75) is 57.5 Å². The first kappa shape index (κ1) is 13.9. The molecule has 1 atom stereocenters. The van der Waals surface area contributed by atoms with Crippen molar-refractivity contribution < 1.29 is 9.84 Å². The first-order valence-electron chi connectivity index (χ1n) is 6.49. The van der Waals surface area contributed by atoms with E-state index in [9.17, 15) is 5.11 Å². The van der Waals surface area contributed by atoms with Gasteiger partial charge in [-0.15, -0.1) is 0 Å². The summed E-state index contributed by atoms with van der Waals surface area (Å²) in [6.45, 7) is 2.82. The summed E-state index contributed by atoms with van der Waals surface area (Å²) in [4.78, 5) is 0. The summed E-state index contributed by atoms with van der Waals surface area (Å²) in [6, 6.07) is 0. The average molecular weight is 229 g/mol. The summed E-state index contributed by atoms with van der Waals surface area (Å²) < 4.78 is 5.15. The quantitative estimate of drug-likeness (QED) is 0.776. The molecule has 3 nitrogen and oxygen atoms in total. The van der Waals surface area contributed by atoms with Crippen LogP contribution in [0, 0.1) is 5.41 Å². The Bertz CT molecular complexity index is 196. The number of hydrogen-bond acceptors (Lipinski definition) is 3. The second kappa shape index (κ2) is 5.99. The zero-order chi connectivity index (χ0) is 12.1. The highest BCUT2D eigenvalue weighted by Crippen LogP contribution is 2.42. The molecule has 16 heavy (non-hydrogen) atoms. The van der Waals surface area contributed by atoms with Crippen LogP contribution >= 0.6 is 0 Å². The van der Waals surface area contributed by atoms with Crippen LogP contribution in [0.15, 0.2) is 0 Å². The normalized spacial score (nSPS) is 25.5. The lowest BCUT2D eigenvalue weighted by Gasteiger charge is -2.45. The summed E-state index contributed by atoms with van der Waals surface area (Å²) in [5.74, 6) is 0. The number of hydrogen-bond donors (Lipinski definition) is 2. The van der Waals surface area contributed by atoms with Gasteiger partial charge in [-0.3, -0.25) is 0 Å². The third-order valence-corrected chi connectivity index (χ3v) is 4.27. The molecule has 0 aromatic heterocycles. The molecule has 96 valence electrons. The van der Waals surface area contributed by atoms with Gasteiger partial charge in [0.05, 0.1) is 12.2 Å². The maximum atomic E-state index is 10.6. The van der Waals surface area contributed by atoms with Crippen LogP contribution in [0.25, 0.3) is 0 Å². The minimum Gasteiger partial charge on any atom is -0.387 e. The monoisotopic (exact) mass is 229 g/mol. The maximum absolute atomic E-state index is 10.6. The van der Waals surface area contributed by atoms with E-state index in [1.165, 1.54) is 32.1 Å². The van der Waals surface area contributed by atoms with E-state index in [0.29, 0.717) is 13.2 Å². The Morgan fingerprint density at radius 1 is 1.19 bits per heavy atom. The Morgan fingerprint density at radius 3 is 2.12 bits per heavy atom. The van der Waals surface area contributed by atoms with E-state index in [1.807, 2.05) is 6.92 Å². The van der Waals surface area contributed by atoms with Crippen LogP contribution in [-0.4, -0.2) is 31.0 Å². The van der Waals surface area contributed by atoms with Crippen molar-refractivity contribution in [2.24, 2.45) is 11.1 Å². The minimum absolute atomic E-state index is 0.149. The van der Waals surface area contributed by atoms with Crippen LogP contribution in [0.3, 0.4) is 0 Å². The van der Waals surface area contributed by atoms with Gasteiger partial charge in [0.2, 0.25) is 0 Å². The number of ether oxygens (including phenoxy) is 1. The molecule has 0 heterocycles. The van der Waals surface area contributed by atoms with Gasteiger partial charge in [0, 0.05) is 19.1 Å². The highest BCUT2D eigenvalue weighted by Gasteiger charge is 2.45. The SMILES string of the molecule is COCC(C)(O)C1(CN)CCCCCCC1. The van der Waals surface area contributed by atoms with Crippen LogP contribution in [0.1, 0.15) is 51.9 Å². The molecule has 0 spiro atoms. The van der Waals surface area contributed by atoms with Crippen LogP contribution < -0.4 is 5.73 Å². The van der Waals surface area contributed by atoms with Gasteiger partial charge in [-0.1, -0.05) is 32.1 Å². The fourth-order valence-corrected chi connectivity index (χ4v) is 2.98. The molecule has 0 aromatic carbocycles. The smallest absolute Gasteiger partial charge is 0.0919 e. The van der Waals surface area contributed by atoms with E-state index in [2.05, 4.69) is 0 Å². The lowest BCUT2D eigenvalue weighted by molar-refractivity contribution is -0.119. The van der Waals surface area contributed by atoms with Crippen molar-refractivity contribution in [3.63, 3.8) is 0 Å². The zero-order valence-corrected chi connectivity index (χ0v) is 10.8. The Balaban J connectivity index is 2.78. The Hall–Kier alpha value is -0.120. The second-order valence-corrected chi connectivity index (χ2v) is 5.46. The van der Waals surface area contributed by atoms with Crippen molar-refractivity contribution in [3.8, 4) is 0 Å².